The van der Waals surface area contributed by atoms with E-state index in [1.807, 2.05) is 6.92 Å². The van der Waals surface area contributed by atoms with Crippen molar-refractivity contribution < 1.29 is 18.3 Å². The summed E-state index contributed by atoms with van der Waals surface area (Å²) in [6.45, 7) is 7.83. The van der Waals surface area contributed by atoms with Gasteiger partial charge in [-0.3, -0.25) is 0 Å². The summed E-state index contributed by atoms with van der Waals surface area (Å²) in [5.74, 6) is 0. The molecular weight excluding hydrogens is 242 g/mol. The van der Waals surface area contributed by atoms with Gasteiger partial charge in [0.25, 0.3) is 6.43 Å². The Labute approximate surface area is 107 Å². The molecule has 1 rings (SSSR count). The molecule has 1 saturated heterocycles. The first-order chi connectivity index (χ1) is 8.11. The van der Waals surface area contributed by atoms with Crippen LogP contribution in [0.5, 0.6) is 0 Å². The minimum absolute atomic E-state index is 0.349. The van der Waals surface area contributed by atoms with Gasteiger partial charge in [0.15, 0.2) is 0 Å². The van der Waals surface area contributed by atoms with Crippen LogP contribution in [0.2, 0.25) is 0 Å². The molecule has 0 unspecified atom stereocenters. The zero-order valence-corrected chi connectivity index (χ0v) is 11.4. The maximum Gasteiger partial charge on any atom is 0.410 e. The monoisotopic (exact) mass is 264 g/mol. The predicted molar refractivity (Wildman–Crippen MR) is 64.8 cm³/mol. The number of hydrogen-bond acceptors (Lipinski definition) is 3. The normalized spacial score (nSPS) is 24.7. The van der Waals surface area contributed by atoms with Gasteiger partial charge in [-0.2, -0.15) is 0 Å². The predicted octanol–water partition coefficient (Wildman–Crippen LogP) is 2.24. The minimum atomic E-state index is -2.38. The quantitative estimate of drug-likeness (QED) is 0.850. The Morgan fingerprint density at radius 3 is 2.61 bits per heavy atom. The van der Waals surface area contributed by atoms with Crippen LogP contribution in [0.15, 0.2) is 0 Å². The number of hydrogen-bond donors (Lipinski definition) is 1. The van der Waals surface area contributed by atoms with Crippen LogP contribution in [0.4, 0.5) is 13.6 Å². The maximum atomic E-state index is 12.2. The average Bonchev–Trinajstić information content (AvgIpc) is 2.56. The van der Waals surface area contributed by atoms with E-state index in [0.717, 1.165) is 0 Å². The summed E-state index contributed by atoms with van der Waals surface area (Å²) in [5.41, 5.74) is -0.986. The number of carbonyl (C=O) groups is 1. The smallest absolute Gasteiger partial charge is 0.410 e. The van der Waals surface area contributed by atoms with Crippen molar-refractivity contribution in [3.05, 3.63) is 0 Å². The van der Waals surface area contributed by atoms with Crippen LogP contribution in [0.25, 0.3) is 0 Å². The van der Waals surface area contributed by atoms with E-state index in [4.69, 9.17) is 4.74 Å². The van der Waals surface area contributed by atoms with E-state index in [2.05, 4.69) is 5.32 Å². The van der Waals surface area contributed by atoms with Gasteiger partial charge in [-0.1, -0.05) is 0 Å². The first-order valence-electron chi connectivity index (χ1n) is 6.12. The summed E-state index contributed by atoms with van der Waals surface area (Å²) in [6.07, 6.45) is -2.11. The van der Waals surface area contributed by atoms with E-state index in [0.29, 0.717) is 19.5 Å². The first kappa shape index (κ1) is 15.1. The Balaban J connectivity index is 2.47. The van der Waals surface area contributed by atoms with Gasteiger partial charge < -0.3 is 15.0 Å². The third kappa shape index (κ3) is 4.76. The molecule has 1 atom stereocenters. The Bertz CT molecular complexity index is 305. The Morgan fingerprint density at radius 1 is 1.50 bits per heavy atom. The highest BCUT2D eigenvalue weighted by atomic mass is 19.3. The summed E-state index contributed by atoms with van der Waals surface area (Å²) in [5, 5.41) is 2.81. The molecule has 0 radical (unpaired) electrons. The molecule has 1 N–H and O–H groups in total. The second-order valence-electron chi connectivity index (χ2n) is 5.98. The minimum Gasteiger partial charge on any atom is -0.444 e. The number of halogens is 2. The molecule has 1 heterocycles. The van der Waals surface area contributed by atoms with E-state index in [9.17, 15) is 13.6 Å². The van der Waals surface area contributed by atoms with Crippen LogP contribution >= 0.6 is 0 Å². The van der Waals surface area contributed by atoms with Gasteiger partial charge in [0.2, 0.25) is 0 Å². The van der Waals surface area contributed by atoms with E-state index in [1.165, 1.54) is 0 Å². The topological polar surface area (TPSA) is 41.6 Å². The van der Waals surface area contributed by atoms with Crippen molar-refractivity contribution in [2.45, 2.75) is 51.7 Å². The lowest BCUT2D eigenvalue weighted by atomic mass is 10.0. The molecule has 1 aliphatic heterocycles. The molecule has 1 aliphatic rings. The summed E-state index contributed by atoms with van der Waals surface area (Å²) < 4.78 is 29.6. The van der Waals surface area contributed by atoms with Crippen LogP contribution in [-0.2, 0) is 4.74 Å². The second kappa shape index (κ2) is 5.38. The zero-order chi connectivity index (χ0) is 14.0. The molecule has 0 aromatic rings. The molecular formula is C12H22F2N2O2. The van der Waals surface area contributed by atoms with Gasteiger partial charge in [-0.25, -0.2) is 13.6 Å². The van der Waals surface area contributed by atoms with Crippen molar-refractivity contribution >= 4 is 6.09 Å². The molecule has 6 heteroatoms. The Morgan fingerprint density at radius 2 is 2.11 bits per heavy atom. The highest BCUT2D eigenvalue weighted by Gasteiger charge is 2.37. The van der Waals surface area contributed by atoms with E-state index in [1.54, 1.807) is 25.7 Å². The first-order valence-corrected chi connectivity index (χ1v) is 6.12. The molecule has 1 amide bonds. The summed E-state index contributed by atoms with van der Waals surface area (Å²) in [4.78, 5) is 13.4. The largest absolute Gasteiger partial charge is 0.444 e. The van der Waals surface area contributed by atoms with Crippen LogP contribution in [0, 0.1) is 0 Å². The zero-order valence-electron chi connectivity index (χ0n) is 11.4. The molecule has 0 aromatic heterocycles. The van der Waals surface area contributed by atoms with Crippen LogP contribution in [0.1, 0.15) is 34.1 Å². The number of nitrogens with one attached hydrogen (secondary N) is 1. The summed E-state index contributed by atoms with van der Waals surface area (Å²) >= 11 is 0. The van der Waals surface area contributed by atoms with Gasteiger partial charge >= 0.3 is 6.09 Å². The number of amides is 1. The van der Waals surface area contributed by atoms with E-state index >= 15 is 0 Å². The van der Waals surface area contributed by atoms with Gasteiger partial charge in [0.05, 0.1) is 6.54 Å². The fourth-order valence-electron chi connectivity index (χ4n) is 1.91. The third-order valence-corrected chi connectivity index (χ3v) is 2.81. The lowest BCUT2D eigenvalue weighted by Gasteiger charge is -2.27. The molecule has 0 spiro atoms. The lowest BCUT2D eigenvalue weighted by Crippen LogP contribution is -2.47. The number of rotatable bonds is 3. The maximum absolute atomic E-state index is 12.2. The molecule has 0 saturated carbocycles. The molecule has 0 aliphatic carbocycles. The highest BCUT2D eigenvalue weighted by Crippen LogP contribution is 2.23. The highest BCUT2D eigenvalue weighted by molar-refractivity contribution is 5.68. The number of likely N-dealkylation sites (tertiary alicyclic amines) is 1. The van der Waals surface area contributed by atoms with Crippen molar-refractivity contribution in [1.29, 1.82) is 0 Å². The van der Waals surface area contributed by atoms with Crippen LogP contribution < -0.4 is 5.32 Å². The summed E-state index contributed by atoms with van der Waals surface area (Å²) in [6, 6.07) is 0. The molecule has 1 fully saturated rings. The third-order valence-electron chi connectivity index (χ3n) is 2.81. The van der Waals surface area contributed by atoms with Crippen molar-refractivity contribution in [1.82, 2.24) is 10.2 Å². The second-order valence-corrected chi connectivity index (χ2v) is 5.98. The Hall–Kier alpha value is -0.910. The fourth-order valence-corrected chi connectivity index (χ4v) is 1.91. The fraction of sp³-hybridized carbons (Fsp3) is 0.917. The van der Waals surface area contributed by atoms with Gasteiger partial charge in [0.1, 0.15) is 5.60 Å². The van der Waals surface area contributed by atoms with Crippen LogP contribution in [-0.4, -0.2) is 48.2 Å². The van der Waals surface area contributed by atoms with Crippen LogP contribution in [0.3, 0.4) is 0 Å². The molecule has 4 nitrogen and oxygen atoms in total. The lowest BCUT2D eigenvalue weighted by molar-refractivity contribution is 0.0280. The van der Waals surface area contributed by atoms with Gasteiger partial charge in [0, 0.05) is 18.6 Å². The number of nitrogens with zero attached hydrogens (tertiary/aromatic N) is 1. The van der Waals surface area contributed by atoms with Crippen molar-refractivity contribution in [3.8, 4) is 0 Å². The number of ether oxygens (including phenoxy) is 1. The van der Waals surface area contributed by atoms with E-state index < -0.39 is 17.6 Å². The SMILES string of the molecule is CC(C)(C)OC(=O)N1CC[C@@](C)(NCC(F)F)C1. The average molecular weight is 264 g/mol. The molecule has 0 aromatic carbocycles. The van der Waals surface area contributed by atoms with Crippen molar-refractivity contribution in [2.75, 3.05) is 19.6 Å². The molecule has 18 heavy (non-hydrogen) atoms. The molecule has 106 valence electrons. The molecule has 0 bridgehead atoms. The number of alkyl halides is 2. The summed E-state index contributed by atoms with van der Waals surface area (Å²) in [7, 11) is 0. The van der Waals surface area contributed by atoms with Crippen molar-refractivity contribution in [2.24, 2.45) is 0 Å². The van der Waals surface area contributed by atoms with E-state index in [-0.39, 0.29) is 12.6 Å². The van der Waals surface area contributed by atoms with Gasteiger partial charge in [-0.15, -0.1) is 0 Å². The van der Waals surface area contributed by atoms with Crippen molar-refractivity contribution in [3.63, 3.8) is 0 Å². The Kier molecular flexibility index (Phi) is 4.53. The standard InChI is InChI=1S/C12H22F2N2O2/c1-11(2,3)18-10(17)16-6-5-12(4,8-16)15-7-9(13)14/h9,15H,5-8H2,1-4H3/t12-/m1/s1. The number of carbonyl (C=O) groups excluding carboxylic acids is 1. The van der Waals surface area contributed by atoms with Gasteiger partial charge in [-0.05, 0) is 34.1 Å².